The third-order valence-corrected chi connectivity index (χ3v) is 7.23. The van der Waals surface area contributed by atoms with Crippen molar-refractivity contribution in [3.63, 3.8) is 0 Å². The molecule has 40 heavy (non-hydrogen) atoms. The largest absolute Gasteiger partial charge is 0.494 e. The molecule has 2 aromatic heterocycles. The molecular weight excluding hydrogens is 543 g/mol. The summed E-state index contributed by atoms with van der Waals surface area (Å²) in [6.07, 6.45) is 0.755. The summed E-state index contributed by atoms with van der Waals surface area (Å²) in [7, 11) is 0.208. The maximum atomic E-state index is 13.4. The summed E-state index contributed by atoms with van der Waals surface area (Å²) < 4.78 is 54.8. The Morgan fingerprint density at radius 1 is 1.18 bits per heavy atom. The first kappa shape index (κ1) is 29.9. The van der Waals surface area contributed by atoms with Crippen molar-refractivity contribution in [2.45, 2.75) is 25.5 Å². The minimum Gasteiger partial charge on any atom is -0.494 e. The Bertz CT molecular complexity index is 1540. The van der Waals surface area contributed by atoms with E-state index in [0.717, 1.165) is 6.20 Å². The van der Waals surface area contributed by atoms with Crippen LogP contribution in [0.4, 0.5) is 10.3 Å². The maximum absolute atomic E-state index is 13.4. The number of halogens is 1. The predicted molar refractivity (Wildman–Crippen MR) is 150 cm³/mol. The van der Waals surface area contributed by atoms with Crippen molar-refractivity contribution in [2.24, 2.45) is 9.98 Å². The van der Waals surface area contributed by atoms with Crippen molar-refractivity contribution < 1.29 is 27.1 Å². The molecule has 0 saturated carbocycles. The van der Waals surface area contributed by atoms with Gasteiger partial charge in [0.2, 0.25) is 16.0 Å². The molecule has 0 radical (unpaired) electrons. The van der Waals surface area contributed by atoms with Crippen molar-refractivity contribution in [2.75, 3.05) is 26.0 Å². The second-order valence-corrected chi connectivity index (χ2v) is 10.4. The fourth-order valence-corrected chi connectivity index (χ4v) is 4.47. The van der Waals surface area contributed by atoms with Crippen molar-refractivity contribution >= 4 is 34.4 Å². The standard InChI is InChI=1S/C25H29FN8O5S/c1-15(26)14-29-21(27-3)13-16(2)40(36,37)33-25-32-31-23(17-9-7-10-18(30-17)24(35)28-4)34(25)22-19(38-5)11-8-12-20(22)39-6/h7-12,14,16H,3,13H2,1-2,4-6H3,(H,28,35)(H,32,33)/b15-14+,29-21-/t16-/m0/s1. The number of nitrogens with one attached hydrogen (secondary N) is 2. The van der Waals surface area contributed by atoms with Gasteiger partial charge in [-0.15, -0.1) is 10.2 Å². The molecule has 0 aliphatic heterocycles. The molecule has 1 amide bonds. The third kappa shape index (κ3) is 6.66. The molecule has 15 heteroatoms. The highest BCUT2D eigenvalue weighted by molar-refractivity contribution is 7.93. The van der Waals surface area contributed by atoms with E-state index in [-0.39, 0.29) is 41.1 Å². The zero-order valence-corrected chi connectivity index (χ0v) is 23.4. The lowest BCUT2D eigenvalue weighted by molar-refractivity contribution is 0.0958. The summed E-state index contributed by atoms with van der Waals surface area (Å²) in [6, 6.07) is 9.71. The minimum atomic E-state index is -4.14. The minimum absolute atomic E-state index is 0.0265. The van der Waals surface area contributed by atoms with Crippen LogP contribution < -0.4 is 19.5 Å². The summed E-state index contributed by atoms with van der Waals surface area (Å²) in [6.45, 7) is 6.00. The molecule has 0 fully saturated rings. The highest BCUT2D eigenvalue weighted by atomic mass is 32.2. The van der Waals surface area contributed by atoms with E-state index in [9.17, 15) is 17.6 Å². The van der Waals surface area contributed by atoms with E-state index in [4.69, 9.17) is 9.47 Å². The Morgan fingerprint density at radius 2 is 1.82 bits per heavy atom. The number of methoxy groups -OCH3 is 2. The summed E-state index contributed by atoms with van der Waals surface area (Å²) in [5.74, 6) is -0.457. The molecule has 13 nitrogen and oxygen atoms in total. The number of carbonyl (C=O) groups is 1. The average Bonchev–Trinajstić information content (AvgIpc) is 3.36. The predicted octanol–water partition coefficient (Wildman–Crippen LogP) is 3.16. The lowest BCUT2D eigenvalue weighted by Gasteiger charge is -2.19. The van der Waals surface area contributed by atoms with Gasteiger partial charge in [-0.05, 0) is 44.8 Å². The van der Waals surface area contributed by atoms with E-state index < -0.39 is 27.0 Å². The van der Waals surface area contributed by atoms with E-state index in [1.807, 2.05) is 0 Å². The van der Waals surface area contributed by atoms with Crippen molar-refractivity contribution in [1.82, 2.24) is 25.1 Å². The molecule has 0 bridgehead atoms. The Labute approximate surface area is 230 Å². The van der Waals surface area contributed by atoms with E-state index in [2.05, 4.69) is 41.9 Å². The van der Waals surface area contributed by atoms with Crippen LogP contribution in [0.25, 0.3) is 17.2 Å². The normalized spacial score (nSPS) is 12.9. The van der Waals surface area contributed by atoms with Crippen LogP contribution in [0.15, 0.2) is 58.4 Å². The van der Waals surface area contributed by atoms with Crippen LogP contribution in [0.3, 0.4) is 0 Å². The molecule has 2 N–H and O–H groups in total. The zero-order valence-electron chi connectivity index (χ0n) is 22.5. The molecule has 0 saturated heterocycles. The van der Waals surface area contributed by atoms with Gasteiger partial charge in [0, 0.05) is 13.5 Å². The van der Waals surface area contributed by atoms with Crippen LogP contribution in [0, 0.1) is 0 Å². The number of carbonyl (C=O) groups excluding carboxylic acids is 1. The molecule has 0 unspecified atom stereocenters. The number of sulfonamides is 1. The van der Waals surface area contributed by atoms with Gasteiger partial charge >= 0.3 is 0 Å². The smallest absolute Gasteiger partial charge is 0.269 e. The van der Waals surface area contributed by atoms with E-state index in [1.165, 1.54) is 45.7 Å². The number of aromatic nitrogens is 4. The van der Waals surface area contributed by atoms with E-state index >= 15 is 0 Å². The number of benzene rings is 1. The molecule has 3 rings (SSSR count). The topological polar surface area (TPSA) is 162 Å². The highest BCUT2D eigenvalue weighted by Gasteiger charge is 2.29. The molecule has 212 valence electrons. The Morgan fingerprint density at radius 3 is 2.40 bits per heavy atom. The Kier molecular flexibility index (Phi) is 9.66. The fraction of sp³-hybridized carbons (Fsp3) is 0.280. The number of aliphatic imine (C=N–C) groups is 2. The number of ether oxygens (including phenoxy) is 2. The van der Waals surface area contributed by atoms with Gasteiger partial charge in [0.15, 0.2) is 5.82 Å². The van der Waals surface area contributed by atoms with Gasteiger partial charge in [-0.1, -0.05) is 12.1 Å². The number of anilines is 1. The van der Waals surface area contributed by atoms with Crippen LogP contribution in [-0.2, 0) is 10.0 Å². The lowest BCUT2D eigenvalue weighted by Crippen LogP contribution is -2.28. The molecule has 3 aromatic rings. The van der Waals surface area contributed by atoms with Gasteiger partial charge in [0.1, 0.15) is 40.2 Å². The van der Waals surface area contributed by atoms with E-state index in [0.29, 0.717) is 11.5 Å². The SMILES string of the molecule is C=N/C(C[C@H](C)S(=O)(=O)Nc1nnc(-c2cccc(C(=O)NC)n2)n1-c1c(OC)cccc1OC)=N\C=C(/C)F. The highest BCUT2D eigenvalue weighted by Crippen LogP contribution is 2.37. The maximum Gasteiger partial charge on any atom is 0.269 e. The zero-order chi connectivity index (χ0) is 29.4. The summed E-state index contributed by atoms with van der Waals surface area (Å²) in [5.41, 5.74) is 0.612. The van der Waals surface area contributed by atoms with Gasteiger partial charge < -0.3 is 14.8 Å². The van der Waals surface area contributed by atoms with Gasteiger partial charge in [0.05, 0.1) is 25.7 Å². The second-order valence-electron chi connectivity index (χ2n) is 8.26. The average molecular weight is 573 g/mol. The number of rotatable bonds is 11. The van der Waals surface area contributed by atoms with Crippen LogP contribution in [-0.4, -0.2) is 73.1 Å². The number of nitrogens with zero attached hydrogens (tertiary/aromatic N) is 6. The van der Waals surface area contributed by atoms with Crippen molar-refractivity contribution in [3.8, 4) is 28.7 Å². The van der Waals surface area contributed by atoms with Crippen LogP contribution in [0.2, 0.25) is 0 Å². The van der Waals surface area contributed by atoms with E-state index in [1.54, 1.807) is 30.3 Å². The third-order valence-electron chi connectivity index (χ3n) is 5.53. The van der Waals surface area contributed by atoms with Crippen LogP contribution in [0.1, 0.15) is 30.8 Å². The molecule has 1 atom stereocenters. The molecule has 1 aromatic carbocycles. The first-order valence-electron chi connectivity index (χ1n) is 11.8. The van der Waals surface area contributed by atoms with Crippen LogP contribution >= 0.6 is 0 Å². The summed E-state index contributed by atoms with van der Waals surface area (Å²) in [5, 5.41) is 9.69. The van der Waals surface area contributed by atoms with Gasteiger partial charge in [-0.3, -0.25) is 14.1 Å². The number of hydrogen-bond acceptors (Lipinski definition) is 9. The fourth-order valence-electron chi connectivity index (χ4n) is 3.51. The number of allylic oxidation sites excluding steroid dienone is 1. The molecule has 0 aliphatic carbocycles. The van der Waals surface area contributed by atoms with Gasteiger partial charge in [0.25, 0.3) is 5.91 Å². The Balaban J connectivity index is 2.18. The number of amides is 1. The summed E-state index contributed by atoms with van der Waals surface area (Å²) in [4.78, 5) is 24.1. The molecule has 2 heterocycles. The van der Waals surface area contributed by atoms with Gasteiger partial charge in [-0.25, -0.2) is 27.8 Å². The number of pyridine rings is 1. The number of hydrogen-bond donors (Lipinski definition) is 2. The van der Waals surface area contributed by atoms with Crippen molar-refractivity contribution in [3.05, 3.63) is 54.1 Å². The second kappa shape index (κ2) is 12.9. The molecular formula is C25H29FN8O5S. The molecule has 0 aliphatic rings. The Hall–Kier alpha value is -4.66. The lowest BCUT2D eigenvalue weighted by atomic mass is 10.2. The van der Waals surface area contributed by atoms with Crippen molar-refractivity contribution in [1.29, 1.82) is 0 Å². The monoisotopic (exact) mass is 572 g/mol. The number of amidine groups is 1. The first-order chi connectivity index (χ1) is 19.1. The van der Waals surface area contributed by atoms with Gasteiger partial charge in [-0.2, -0.15) is 0 Å². The molecule has 0 spiro atoms. The summed E-state index contributed by atoms with van der Waals surface area (Å²) >= 11 is 0. The van der Waals surface area contributed by atoms with Crippen LogP contribution in [0.5, 0.6) is 11.5 Å². The quantitative estimate of drug-likeness (QED) is 0.262. The number of para-hydroxylation sites is 1. The first-order valence-corrected chi connectivity index (χ1v) is 13.3.